The van der Waals surface area contributed by atoms with Gasteiger partial charge in [-0.15, -0.1) is 5.01 Å². The van der Waals surface area contributed by atoms with Crippen molar-refractivity contribution in [3.05, 3.63) is 5.21 Å². The number of carbonyl (C=O) groups excluding carboxylic acids is 1. The van der Waals surface area contributed by atoms with Crippen LogP contribution in [-0.4, -0.2) is 45.9 Å². The number of carboxylic acid groups (broad SMARTS) is 1. The minimum absolute atomic E-state index is 0.0541. The van der Waals surface area contributed by atoms with Crippen LogP contribution in [0.4, 0.5) is 0 Å². The molecule has 0 bridgehead atoms. The summed E-state index contributed by atoms with van der Waals surface area (Å²) in [5, 5.41) is 24.2. The van der Waals surface area contributed by atoms with Crippen LogP contribution in [0.2, 0.25) is 0 Å². The quantitative estimate of drug-likeness (QED) is 0.239. The number of ether oxygens (including phenoxy) is 1. The SMILES string of the molecule is CCC(=O)OC(C)ON=[N+]([O-])N1CC[C@H]1C(=O)O. The maximum atomic E-state index is 11.3. The molecule has 102 valence electrons. The van der Waals surface area contributed by atoms with E-state index in [1.807, 2.05) is 0 Å². The molecule has 18 heavy (non-hydrogen) atoms. The van der Waals surface area contributed by atoms with E-state index in [4.69, 9.17) is 9.84 Å². The summed E-state index contributed by atoms with van der Waals surface area (Å²) in [4.78, 5) is 26.2. The second-order valence-electron chi connectivity index (χ2n) is 3.66. The summed E-state index contributed by atoms with van der Waals surface area (Å²) in [6, 6.07) is -0.886. The van der Waals surface area contributed by atoms with Gasteiger partial charge in [-0.1, -0.05) is 6.92 Å². The number of nitrogens with zero attached hydrogens (tertiary/aromatic N) is 3. The lowest BCUT2D eigenvalue weighted by Gasteiger charge is -2.32. The average molecular weight is 261 g/mol. The first-order valence-corrected chi connectivity index (χ1v) is 5.48. The molecule has 1 aliphatic heterocycles. The van der Waals surface area contributed by atoms with Gasteiger partial charge in [0.05, 0.1) is 11.5 Å². The third kappa shape index (κ3) is 3.47. The van der Waals surface area contributed by atoms with Crippen LogP contribution in [0, 0.1) is 5.21 Å². The second kappa shape index (κ2) is 6.03. The van der Waals surface area contributed by atoms with Gasteiger partial charge in [-0.3, -0.25) is 9.63 Å². The highest BCUT2D eigenvalue weighted by molar-refractivity contribution is 5.74. The Bertz CT molecular complexity index is 358. The lowest BCUT2D eigenvalue weighted by atomic mass is 10.1. The molecule has 0 aromatic rings. The van der Waals surface area contributed by atoms with E-state index < -0.39 is 24.3 Å². The lowest BCUT2D eigenvalue weighted by Crippen LogP contribution is -2.55. The number of hydrogen-bond donors (Lipinski definition) is 1. The number of hydrogen-bond acceptors (Lipinski definition) is 6. The molecule has 0 amide bonds. The van der Waals surface area contributed by atoms with E-state index in [-0.39, 0.29) is 17.9 Å². The Morgan fingerprint density at radius 2 is 2.33 bits per heavy atom. The molecule has 1 fully saturated rings. The number of carboxylic acids is 1. The first kappa shape index (κ1) is 14.0. The number of aliphatic carboxylic acids is 1. The Balaban J connectivity index is 2.42. The molecule has 0 radical (unpaired) electrons. The molecule has 0 aromatic carbocycles. The van der Waals surface area contributed by atoms with Crippen molar-refractivity contribution in [2.45, 2.75) is 39.0 Å². The summed E-state index contributed by atoms with van der Waals surface area (Å²) in [6.07, 6.45) is -0.440. The summed E-state index contributed by atoms with van der Waals surface area (Å²) in [7, 11) is 0. The van der Waals surface area contributed by atoms with Gasteiger partial charge in [-0.25, -0.2) is 4.79 Å². The van der Waals surface area contributed by atoms with Crippen LogP contribution in [0.15, 0.2) is 5.28 Å². The van der Waals surface area contributed by atoms with Crippen molar-refractivity contribution in [1.82, 2.24) is 5.01 Å². The predicted octanol–water partition coefficient (Wildman–Crippen LogP) is 0.254. The molecule has 1 aliphatic rings. The first-order valence-electron chi connectivity index (χ1n) is 5.48. The van der Waals surface area contributed by atoms with Crippen molar-refractivity contribution < 1.29 is 29.2 Å². The highest BCUT2D eigenvalue weighted by Gasteiger charge is 2.41. The highest BCUT2D eigenvalue weighted by atomic mass is 16.8. The molecular formula is C9H15N3O6. The second-order valence-corrected chi connectivity index (χ2v) is 3.66. The zero-order valence-electron chi connectivity index (χ0n) is 10.1. The molecule has 2 atom stereocenters. The lowest BCUT2D eigenvalue weighted by molar-refractivity contribution is -0.730. The van der Waals surface area contributed by atoms with Crippen LogP contribution in [0.25, 0.3) is 0 Å². The summed E-state index contributed by atoms with van der Waals surface area (Å²) < 4.78 is 4.70. The Morgan fingerprint density at radius 1 is 1.67 bits per heavy atom. The van der Waals surface area contributed by atoms with Crippen molar-refractivity contribution in [2.75, 3.05) is 6.54 Å². The third-order valence-corrected chi connectivity index (χ3v) is 2.35. The van der Waals surface area contributed by atoms with E-state index in [1.54, 1.807) is 6.92 Å². The van der Waals surface area contributed by atoms with Gasteiger partial charge < -0.3 is 15.1 Å². The molecular weight excluding hydrogens is 246 g/mol. The fraction of sp³-hybridized carbons (Fsp3) is 0.778. The molecule has 0 aromatic heterocycles. The van der Waals surface area contributed by atoms with E-state index in [0.717, 1.165) is 5.01 Å². The normalized spacial score (nSPS) is 20.9. The van der Waals surface area contributed by atoms with E-state index >= 15 is 0 Å². The van der Waals surface area contributed by atoms with Gasteiger partial charge >= 0.3 is 11.9 Å². The van der Waals surface area contributed by atoms with E-state index in [2.05, 4.69) is 10.1 Å². The summed E-state index contributed by atoms with van der Waals surface area (Å²) in [6.45, 7) is 3.30. The average Bonchev–Trinajstić information content (AvgIpc) is 2.23. The van der Waals surface area contributed by atoms with E-state index in [1.165, 1.54) is 6.92 Å². The van der Waals surface area contributed by atoms with Crippen molar-refractivity contribution in [3.8, 4) is 0 Å². The maximum absolute atomic E-state index is 11.3. The number of rotatable bonds is 6. The Morgan fingerprint density at radius 3 is 2.78 bits per heavy atom. The van der Waals surface area contributed by atoms with Gasteiger partial charge in [0.15, 0.2) is 6.04 Å². The van der Waals surface area contributed by atoms with E-state index in [0.29, 0.717) is 6.42 Å². The molecule has 9 heteroatoms. The smallest absolute Gasteiger partial charge is 0.332 e. The fourth-order valence-electron chi connectivity index (χ4n) is 1.27. The van der Waals surface area contributed by atoms with Crippen molar-refractivity contribution >= 4 is 11.9 Å². The standard InChI is InChI=1S/C9H15N3O6/c1-3-8(13)17-6(2)18-10-12(16)11-5-4-7(11)9(14)15/h6-7H,3-5H2,1-2H3,(H,14,15)/t6?,7-/m0/s1. The maximum Gasteiger partial charge on any atom is 0.332 e. The van der Waals surface area contributed by atoms with Gasteiger partial charge in [-0.2, -0.15) is 0 Å². The zero-order valence-corrected chi connectivity index (χ0v) is 10.1. The van der Waals surface area contributed by atoms with Gasteiger partial charge in [0.2, 0.25) is 5.28 Å². The number of carbonyl (C=O) groups is 2. The first-order chi connectivity index (χ1) is 8.45. The third-order valence-electron chi connectivity index (χ3n) is 2.35. The van der Waals surface area contributed by atoms with Crippen molar-refractivity contribution in [1.29, 1.82) is 0 Å². The van der Waals surface area contributed by atoms with Crippen LogP contribution in [0.1, 0.15) is 26.7 Å². The molecule has 1 N–H and O–H groups in total. The molecule has 1 unspecified atom stereocenters. The van der Waals surface area contributed by atoms with Crippen molar-refractivity contribution in [3.63, 3.8) is 0 Å². The molecule has 1 rings (SSSR count). The predicted molar refractivity (Wildman–Crippen MR) is 55.7 cm³/mol. The summed E-state index contributed by atoms with van der Waals surface area (Å²) >= 11 is 0. The molecule has 1 saturated heterocycles. The van der Waals surface area contributed by atoms with Crippen LogP contribution < -0.4 is 0 Å². The Labute approximate surface area is 103 Å². The molecule has 0 saturated carbocycles. The van der Waals surface area contributed by atoms with Crippen LogP contribution in [-0.2, 0) is 19.2 Å². The Hall–Kier alpha value is -2.06. The van der Waals surface area contributed by atoms with Gasteiger partial charge in [0.1, 0.15) is 0 Å². The van der Waals surface area contributed by atoms with Gasteiger partial charge in [-0.05, 0) is 0 Å². The fourth-order valence-corrected chi connectivity index (χ4v) is 1.27. The largest absolute Gasteiger partial charge is 0.569 e. The number of esters is 1. The number of hydrazine groups is 1. The minimum atomic E-state index is -1.09. The molecule has 1 heterocycles. The summed E-state index contributed by atoms with van der Waals surface area (Å²) in [5.41, 5.74) is 0. The van der Waals surface area contributed by atoms with Crippen LogP contribution in [0.5, 0.6) is 0 Å². The van der Waals surface area contributed by atoms with Gasteiger partial charge in [0, 0.05) is 19.8 Å². The van der Waals surface area contributed by atoms with Crippen molar-refractivity contribution in [2.24, 2.45) is 5.28 Å². The van der Waals surface area contributed by atoms with Crippen LogP contribution >= 0.6 is 0 Å². The van der Waals surface area contributed by atoms with Gasteiger partial charge in [0.25, 0.3) is 6.29 Å². The monoisotopic (exact) mass is 261 g/mol. The Kier molecular flexibility index (Phi) is 4.69. The minimum Gasteiger partial charge on any atom is -0.569 e. The van der Waals surface area contributed by atoms with E-state index in [9.17, 15) is 14.8 Å². The van der Waals surface area contributed by atoms with Crippen LogP contribution in [0.3, 0.4) is 0 Å². The summed E-state index contributed by atoms with van der Waals surface area (Å²) in [5.74, 6) is -1.58. The highest BCUT2D eigenvalue weighted by Crippen LogP contribution is 2.17. The molecule has 0 aliphatic carbocycles. The molecule has 0 spiro atoms. The molecule has 9 nitrogen and oxygen atoms in total. The topological polar surface area (TPSA) is 114 Å². The zero-order chi connectivity index (χ0) is 13.7.